The van der Waals surface area contributed by atoms with Gasteiger partial charge < -0.3 is 0 Å². The number of para-hydroxylation sites is 1. The second-order valence-corrected chi connectivity index (χ2v) is 3.61. The molecule has 1 saturated heterocycles. The van der Waals surface area contributed by atoms with Crippen LogP contribution >= 0.6 is 0 Å². The molecule has 1 N–H and O–H groups in total. The normalized spacial score (nSPS) is 21.7. The van der Waals surface area contributed by atoms with Crippen LogP contribution < -0.4 is 10.2 Å². The number of rotatable bonds is 1. The summed E-state index contributed by atoms with van der Waals surface area (Å²) in [6.07, 6.45) is 0.101. The molecule has 3 heteroatoms. The molecule has 1 aromatic carbocycles. The molecule has 1 atom stereocenters. The van der Waals surface area contributed by atoms with Gasteiger partial charge in [-0.2, -0.15) is 0 Å². The van der Waals surface area contributed by atoms with Crippen molar-refractivity contribution in [3.8, 4) is 0 Å². The van der Waals surface area contributed by atoms with E-state index in [1.165, 1.54) is 0 Å². The van der Waals surface area contributed by atoms with Crippen LogP contribution in [0.3, 0.4) is 0 Å². The second-order valence-electron chi connectivity index (χ2n) is 3.61. The van der Waals surface area contributed by atoms with E-state index in [1.54, 1.807) is 0 Å². The van der Waals surface area contributed by atoms with Gasteiger partial charge >= 0.3 is 0 Å². The van der Waals surface area contributed by atoms with Crippen molar-refractivity contribution in [2.24, 2.45) is 0 Å². The quantitative estimate of drug-likeness (QED) is 0.723. The molecule has 0 radical (unpaired) electrons. The first-order chi connectivity index (χ1) is 6.70. The number of nitrogens with zero attached hydrogens (tertiary/aromatic N) is 1. The fourth-order valence-corrected chi connectivity index (χ4v) is 1.80. The summed E-state index contributed by atoms with van der Waals surface area (Å²) in [6, 6.07) is 7.95. The maximum atomic E-state index is 11.6. The molecule has 0 spiro atoms. The highest BCUT2D eigenvalue weighted by molar-refractivity contribution is 5.98. The van der Waals surface area contributed by atoms with Crippen LogP contribution in [0.15, 0.2) is 24.3 Å². The molecule has 1 heterocycles. The van der Waals surface area contributed by atoms with Crippen molar-refractivity contribution >= 4 is 11.6 Å². The Labute approximate surface area is 83.7 Å². The van der Waals surface area contributed by atoms with Gasteiger partial charge in [0.2, 0.25) is 5.91 Å². The molecule has 0 saturated carbocycles. The van der Waals surface area contributed by atoms with E-state index in [0.717, 1.165) is 11.3 Å². The van der Waals surface area contributed by atoms with E-state index < -0.39 is 0 Å². The van der Waals surface area contributed by atoms with Gasteiger partial charge in [-0.15, -0.1) is 0 Å². The number of anilines is 1. The average Bonchev–Trinajstić information content (AvgIpc) is 2.48. The highest BCUT2D eigenvalue weighted by Gasteiger charge is 2.28. The number of carbonyl (C=O) groups excluding carboxylic acids is 1. The third-order valence-electron chi connectivity index (χ3n) is 2.58. The van der Waals surface area contributed by atoms with Gasteiger partial charge in [0.15, 0.2) is 0 Å². The fourth-order valence-electron chi connectivity index (χ4n) is 1.80. The molecule has 14 heavy (non-hydrogen) atoms. The van der Waals surface area contributed by atoms with Crippen molar-refractivity contribution in [1.29, 1.82) is 0 Å². The Morgan fingerprint density at radius 1 is 1.43 bits per heavy atom. The number of benzene rings is 1. The maximum Gasteiger partial charge on any atom is 0.242 e. The van der Waals surface area contributed by atoms with Crippen LogP contribution in [0.5, 0.6) is 0 Å². The van der Waals surface area contributed by atoms with E-state index in [1.807, 2.05) is 43.0 Å². The van der Waals surface area contributed by atoms with E-state index in [2.05, 4.69) is 5.32 Å². The van der Waals surface area contributed by atoms with Crippen LogP contribution in [0.25, 0.3) is 0 Å². The van der Waals surface area contributed by atoms with E-state index >= 15 is 0 Å². The van der Waals surface area contributed by atoms with Gasteiger partial charge in [-0.25, -0.2) is 0 Å². The summed E-state index contributed by atoms with van der Waals surface area (Å²) in [5.41, 5.74) is 2.14. The van der Waals surface area contributed by atoms with Crippen LogP contribution in [-0.4, -0.2) is 18.6 Å². The molecule has 0 aliphatic carbocycles. The number of hydrogen-bond acceptors (Lipinski definition) is 2. The molecule has 1 aliphatic rings. The monoisotopic (exact) mass is 190 g/mol. The molecule has 2 rings (SSSR count). The summed E-state index contributed by atoms with van der Waals surface area (Å²) in [5, 5.41) is 3.12. The van der Waals surface area contributed by atoms with Crippen LogP contribution in [0.4, 0.5) is 5.69 Å². The summed E-state index contributed by atoms with van der Waals surface area (Å²) in [5.74, 6) is 0.145. The number of carbonyl (C=O) groups is 1. The second kappa shape index (κ2) is 3.42. The zero-order chi connectivity index (χ0) is 10.1. The Balaban J connectivity index is 2.39. The van der Waals surface area contributed by atoms with Crippen LogP contribution in [0.2, 0.25) is 0 Å². The molecule has 1 unspecified atom stereocenters. The van der Waals surface area contributed by atoms with Crippen molar-refractivity contribution in [3.63, 3.8) is 0 Å². The summed E-state index contributed by atoms with van der Waals surface area (Å²) >= 11 is 0. The summed E-state index contributed by atoms with van der Waals surface area (Å²) < 4.78 is 0. The van der Waals surface area contributed by atoms with Gasteiger partial charge in [-0.05, 0) is 25.5 Å². The number of hydrogen-bond donors (Lipinski definition) is 1. The molecule has 0 aromatic heterocycles. The molecule has 1 fully saturated rings. The fraction of sp³-hybridized carbons (Fsp3) is 0.364. The van der Waals surface area contributed by atoms with E-state index in [0.29, 0.717) is 6.54 Å². The minimum absolute atomic E-state index is 0.101. The van der Waals surface area contributed by atoms with Crippen LogP contribution in [0.1, 0.15) is 12.5 Å². The van der Waals surface area contributed by atoms with Gasteiger partial charge in [0.25, 0.3) is 0 Å². The van der Waals surface area contributed by atoms with Crippen molar-refractivity contribution in [1.82, 2.24) is 5.32 Å². The third kappa shape index (κ3) is 1.40. The minimum atomic E-state index is 0.101. The Hall–Kier alpha value is -1.35. The highest BCUT2D eigenvalue weighted by atomic mass is 16.2. The lowest BCUT2D eigenvalue weighted by Crippen LogP contribution is -2.35. The van der Waals surface area contributed by atoms with Gasteiger partial charge in [-0.3, -0.25) is 15.0 Å². The highest BCUT2D eigenvalue weighted by Crippen LogP contribution is 2.22. The first-order valence-corrected chi connectivity index (χ1v) is 4.81. The van der Waals surface area contributed by atoms with Crippen molar-refractivity contribution in [3.05, 3.63) is 29.8 Å². The standard InChI is InChI=1S/C11H14N2O/c1-8-5-3-4-6-10(8)13-9(2)12-7-11(13)14/h3-6,9,12H,7H2,1-2H3. The molecule has 1 aromatic rings. The Morgan fingerprint density at radius 3 is 2.71 bits per heavy atom. The van der Waals surface area contributed by atoms with E-state index in [-0.39, 0.29) is 12.1 Å². The lowest BCUT2D eigenvalue weighted by Gasteiger charge is -2.22. The summed E-state index contributed by atoms with van der Waals surface area (Å²) in [7, 11) is 0. The topological polar surface area (TPSA) is 32.3 Å². The predicted octanol–water partition coefficient (Wildman–Crippen LogP) is 1.28. The van der Waals surface area contributed by atoms with Gasteiger partial charge in [0, 0.05) is 5.69 Å². The molecule has 0 bridgehead atoms. The van der Waals surface area contributed by atoms with Gasteiger partial charge in [-0.1, -0.05) is 18.2 Å². The SMILES string of the molecule is Cc1ccccc1N1C(=O)CNC1C. The Kier molecular flexibility index (Phi) is 2.25. The van der Waals surface area contributed by atoms with Crippen LogP contribution in [-0.2, 0) is 4.79 Å². The minimum Gasteiger partial charge on any atom is -0.295 e. The third-order valence-corrected chi connectivity index (χ3v) is 2.58. The van der Waals surface area contributed by atoms with E-state index in [9.17, 15) is 4.79 Å². The largest absolute Gasteiger partial charge is 0.295 e. The smallest absolute Gasteiger partial charge is 0.242 e. The molecule has 1 amide bonds. The lowest BCUT2D eigenvalue weighted by molar-refractivity contribution is -0.116. The Morgan fingerprint density at radius 2 is 2.14 bits per heavy atom. The summed E-state index contributed by atoms with van der Waals surface area (Å²) in [4.78, 5) is 13.4. The van der Waals surface area contributed by atoms with Crippen molar-refractivity contribution in [2.45, 2.75) is 20.0 Å². The predicted molar refractivity (Wildman–Crippen MR) is 56.1 cm³/mol. The van der Waals surface area contributed by atoms with Gasteiger partial charge in [0.1, 0.15) is 0 Å². The molecule has 3 nitrogen and oxygen atoms in total. The number of aryl methyl sites for hydroxylation is 1. The van der Waals surface area contributed by atoms with Crippen molar-refractivity contribution in [2.75, 3.05) is 11.4 Å². The summed E-state index contributed by atoms with van der Waals surface area (Å²) in [6.45, 7) is 4.46. The Bertz CT molecular complexity index is 362. The van der Waals surface area contributed by atoms with E-state index in [4.69, 9.17) is 0 Å². The molecular formula is C11H14N2O. The van der Waals surface area contributed by atoms with Crippen molar-refractivity contribution < 1.29 is 4.79 Å². The zero-order valence-electron chi connectivity index (χ0n) is 8.45. The molecule has 1 aliphatic heterocycles. The molecule has 74 valence electrons. The van der Waals surface area contributed by atoms with Gasteiger partial charge in [0.05, 0.1) is 12.7 Å². The first-order valence-electron chi connectivity index (χ1n) is 4.81. The van der Waals surface area contributed by atoms with Crippen LogP contribution in [0, 0.1) is 6.92 Å². The maximum absolute atomic E-state index is 11.6. The number of nitrogens with one attached hydrogen (secondary N) is 1. The lowest BCUT2D eigenvalue weighted by atomic mass is 10.2. The number of amides is 1. The average molecular weight is 190 g/mol. The first kappa shape index (κ1) is 9.21. The molecular weight excluding hydrogens is 176 g/mol. The zero-order valence-corrected chi connectivity index (χ0v) is 8.45.